The first-order valence-corrected chi connectivity index (χ1v) is 7.59. The molecule has 0 aliphatic carbocycles. The molecule has 118 valence electrons. The lowest BCUT2D eigenvalue weighted by Gasteiger charge is -2.08. The van der Waals surface area contributed by atoms with Crippen molar-refractivity contribution in [3.8, 4) is 11.1 Å². The van der Waals surface area contributed by atoms with Crippen molar-refractivity contribution in [2.75, 3.05) is 5.32 Å². The number of aryl methyl sites for hydroxylation is 1. The molecule has 4 rings (SSSR count). The second-order valence-electron chi connectivity index (χ2n) is 5.68. The highest BCUT2D eigenvalue weighted by atomic mass is 16.4. The van der Waals surface area contributed by atoms with Crippen LogP contribution in [-0.4, -0.2) is 9.97 Å². The van der Waals surface area contributed by atoms with Gasteiger partial charge in [0.25, 0.3) is 0 Å². The van der Waals surface area contributed by atoms with Crippen LogP contribution in [0.25, 0.3) is 22.2 Å². The first-order valence-electron chi connectivity index (χ1n) is 7.59. The molecule has 5 nitrogen and oxygen atoms in total. The predicted octanol–water partition coefficient (Wildman–Crippen LogP) is 4.24. The van der Waals surface area contributed by atoms with E-state index in [1.165, 1.54) is 5.56 Å². The molecule has 0 radical (unpaired) electrons. The highest BCUT2D eigenvalue weighted by Crippen LogP contribution is 2.26. The number of rotatable bonds is 3. The highest BCUT2D eigenvalue weighted by molar-refractivity contribution is 5.80. The molecule has 0 saturated heterocycles. The van der Waals surface area contributed by atoms with E-state index in [4.69, 9.17) is 4.42 Å². The molecule has 0 unspecified atom stereocenters. The van der Waals surface area contributed by atoms with E-state index in [9.17, 15) is 4.79 Å². The smallest absolute Gasteiger partial charge is 0.408 e. The van der Waals surface area contributed by atoms with Crippen molar-refractivity contribution in [2.45, 2.75) is 6.92 Å². The third kappa shape index (κ3) is 2.79. The van der Waals surface area contributed by atoms with Crippen molar-refractivity contribution in [3.63, 3.8) is 0 Å². The summed E-state index contributed by atoms with van der Waals surface area (Å²) in [7, 11) is 0. The molecular formula is C19H15N3O2. The zero-order valence-electron chi connectivity index (χ0n) is 13.0. The Morgan fingerprint density at radius 2 is 1.79 bits per heavy atom. The summed E-state index contributed by atoms with van der Waals surface area (Å²) in [5, 5.41) is 3.34. The summed E-state index contributed by atoms with van der Waals surface area (Å²) in [5.74, 6) is -0.449. The number of nitrogens with one attached hydrogen (secondary N) is 2. The van der Waals surface area contributed by atoms with Crippen LogP contribution in [0, 0.1) is 6.92 Å². The number of benzene rings is 2. The molecule has 5 heteroatoms. The van der Waals surface area contributed by atoms with Gasteiger partial charge in [-0.15, -0.1) is 0 Å². The van der Waals surface area contributed by atoms with Crippen LogP contribution < -0.4 is 11.1 Å². The molecule has 2 heterocycles. The van der Waals surface area contributed by atoms with Gasteiger partial charge in [-0.05, 0) is 42.8 Å². The Labute approximate surface area is 138 Å². The molecule has 0 fully saturated rings. The van der Waals surface area contributed by atoms with Gasteiger partial charge in [0, 0.05) is 17.4 Å². The van der Waals surface area contributed by atoms with Crippen LogP contribution in [-0.2, 0) is 0 Å². The Balaban J connectivity index is 1.67. The predicted molar refractivity (Wildman–Crippen MR) is 94.5 cm³/mol. The summed E-state index contributed by atoms with van der Waals surface area (Å²) in [6, 6.07) is 15.8. The summed E-state index contributed by atoms with van der Waals surface area (Å²) in [4.78, 5) is 18.2. The fourth-order valence-corrected chi connectivity index (χ4v) is 2.59. The van der Waals surface area contributed by atoms with Crippen LogP contribution in [0.1, 0.15) is 5.56 Å². The van der Waals surface area contributed by atoms with E-state index in [1.807, 2.05) is 36.4 Å². The highest BCUT2D eigenvalue weighted by Gasteiger charge is 2.05. The molecular weight excluding hydrogens is 302 g/mol. The number of oxazole rings is 1. The second-order valence-corrected chi connectivity index (χ2v) is 5.68. The Kier molecular flexibility index (Phi) is 3.39. The Morgan fingerprint density at radius 3 is 2.62 bits per heavy atom. The van der Waals surface area contributed by atoms with Crippen LogP contribution in [0.4, 0.5) is 11.4 Å². The second kappa shape index (κ2) is 5.70. The molecule has 2 aromatic heterocycles. The van der Waals surface area contributed by atoms with E-state index in [0.29, 0.717) is 11.1 Å². The van der Waals surface area contributed by atoms with Crippen molar-refractivity contribution in [1.82, 2.24) is 9.97 Å². The molecule has 24 heavy (non-hydrogen) atoms. The van der Waals surface area contributed by atoms with Gasteiger partial charge in [0.15, 0.2) is 5.58 Å². The summed E-state index contributed by atoms with van der Waals surface area (Å²) in [6.07, 6.45) is 3.56. The van der Waals surface area contributed by atoms with Crippen molar-refractivity contribution >= 4 is 22.5 Å². The van der Waals surface area contributed by atoms with Gasteiger partial charge in [0.2, 0.25) is 0 Å². The molecule has 0 aliphatic heterocycles. The van der Waals surface area contributed by atoms with Gasteiger partial charge in [-0.3, -0.25) is 9.97 Å². The minimum atomic E-state index is -0.449. The van der Waals surface area contributed by atoms with E-state index in [-0.39, 0.29) is 0 Å². The van der Waals surface area contributed by atoms with Gasteiger partial charge in [-0.25, -0.2) is 4.79 Å². The van der Waals surface area contributed by atoms with Gasteiger partial charge in [0.1, 0.15) is 0 Å². The molecule has 0 bridgehead atoms. The third-order valence-electron chi connectivity index (χ3n) is 3.83. The summed E-state index contributed by atoms with van der Waals surface area (Å²) in [5.41, 5.74) is 6.22. The van der Waals surface area contributed by atoms with E-state index in [0.717, 1.165) is 22.5 Å². The van der Waals surface area contributed by atoms with E-state index in [1.54, 1.807) is 12.4 Å². The minimum Gasteiger partial charge on any atom is -0.408 e. The summed E-state index contributed by atoms with van der Waals surface area (Å²) < 4.78 is 5.12. The molecule has 4 aromatic rings. The monoisotopic (exact) mass is 317 g/mol. The first-order chi connectivity index (χ1) is 11.7. The van der Waals surface area contributed by atoms with E-state index in [2.05, 4.69) is 34.3 Å². The van der Waals surface area contributed by atoms with Gasteiger partial charge in [-0.1, -0.05) is 23.8 Å². The molecule has 0 aliphatic rings. The van der Waals surface area contributed by atoms with Crippen molar-refractivity contribution < 1.29 is 4.42 Å². The van der Waals surface area contributed by atoms with E-state index >= 15 is 0 Å². The average Bonchev–Trinajstić information content (AvgIpc) is 2.96. The van der Waals surface area contributed by atoms with Crippen LogP contribution in [0.15, 0.2) is 70.1 Å². The number of hydrogen-bond acceptors (Lipinski definition) is 4. The molecule has 0 spiro atoms. The average molecular weight is 317 g/mol. The maximum absolute atomic E-state index is 11.3. The number of aromatic nitrogens is 2. The fraction of sp³-hybridized carbons (Fsp3) is 0.0526. The number of anilines is 2. The van der Waals surface area contributed by atoms with Crippen molar-refractivity contribution in [3.05, 3.63) is 77.0 Å². The van der Waals surface area contributed by atoms with Crippen LogP contribution in [0.2, 0.25) is 0 Å². The molecule has 2 N–H and O–H groups in total. The largest absolute Gasteiger partial charge is 0.417 e. The number of nitrogens with zero attached hydrogens (tertiary/aromatic N) is 1. The zero-order valence-corrected chi connectivity index (χ0v) is 13.0. The lowest BCUT2D eigenvalue weighted by atomic mass is 10.1. The van der Waals surface area contributed by atoms with Crippen molar-refractivity contribution in [2.24, 2.45) is 0 Å². The standard InChI is InChI=1S/C19H15N3O2/c1-12-2-5-15(6-3-12)21-16-8-14(10-20-11-16)13-4-7-17-18(9-13)24-19(23)22-17/h2-11,21H,1H3,(H,22,23). The van der Waals surface area contributed by atoms with Crippen LogP contribution >= 0.6 is 0 Å². The normalized spacial score (nSPS) is 10.9. The third-order valence-corrected chi connectivity index (χ3v) is 3.83. The lowest BCUT2D eigenvalue weighted by molar-refractivity contribution is 0.555. The zero-order chi connectivity index (χ0) is 16.5. The van der Waals surface area contributed by atoms with Gasteiger partial charge < -0.3 is 9.73 Å². The number of hydrogen-bond donors (Lipinski definition) is 2. The van der Waals surface area contributed by atoms with Crippen LogP contribution in [0.3, 0.4) is 0 Å². The first kappa shape index (κ1) is 14.3. The Bertz CT molecular complexity index is 1060. The fourth-order valence-electron chi connectivity index (χ4n) is 2.59. The number of fused-ring (bicyclic) bond motifs is 1. The Morgan fingerprint density at radius 1 is 0.958 bits per heavy atom. The molecule has 0 amide bonds. The van der Waals surface area contributed by atoms with E-state index < -0.39 is 5.76 Å². The molecule has 0 atom stereocenters. The van der Waals surface area contributed by atoms with Gasteiger partial charge in [-0.2, -0.15) is 0 Å². The van der Waals surface area contributed by atoms with Gasteiger partial charge in [0.05, 0.1) is 17.4 Å². The number of H-pyrrole nitrogens is 1. The quantitative estimate of drug-likeness (QED) is 0.593. The maximum Gasteiger partial charge on any atom is 0.417 e. The topological polar surface area (TPSA) is 70.9 Å². The summed E-state index contributed by atoms with van der Waals surface area (Å²) in [6.45, 7) is 2.06. The van der Waals surface area contributed by atoms with Gasteiger partial charge >= 0.3 is 5.76 Å². The summed E-state index contributed by atoms with van der Waals surface area (Å²) >= 11 is 0. The molecule has 2 aromatic carbocycles. The number of pyridine rings is 1. The lowest BCUT2D eigenvalue weighted by Crippen LogP contribution is -1.92. The van der Waals surface area contributed by atoms with Crippen LogP contribution in [0.5, 0.6) is 0 Å². The SMILES string of the molecule is Cc1ccc(Nc2cncc(-c3ccc4[nH]c(=O)oc4c3)c2)cc1. The maximum atomic E-state index is 11.3. The Hall–Kier alpha value is -3.34. The number of aromatic amines is 1. The van der Waals surface area contributed by atoms with Crippen molar-refractivity contribution in [1.29, 1.82) is 0 Å². The minimum absolute atomic E-state index is 0.449. The molecule has 0 saturated carbocycles.